The maximum Gasteiger partial charge on any atom is 0.278 e. The van der Waals surface area contributed by atoms with E-state index in [2.05, 4.69) is 34.4 Å². The minimum Gasteiger partial charge on any atom is -0.471 e. The summed E-state index contributed by atoms with van der Waals surface area (Å²) in [4.78, 5) is 20.9. The third kappa shape index (κ3) is 8.45. The van der Waals surface area contributed by atoms with Crippen molar-refractivity contribution in [2.24, 2.45) is 5.92 Å². The summed E-state index contributed by atoms with van der Waals surface area (Å²) in [5.74, 6) is -2.12. The Balaban J connectivity index is 1.96. The van der Waals surface area contributed by atoms with Crippen molar-refractivity contribution in [3.05, 3.63) is 47.3 Å². The van der Waals surface area contributed by atoms with Gasteiger partial charge in [0, 0.05) is 24.9 Å². The Morgan fingerprint density at radius 3 is 2.61 bits per heavy atom. The molecule has 7 nitrogen and oxygen atoms in total. The molecule has 2 N–H and O–H groups in total. The zero-order valence-electron chi connectivity index (χ0n) is 18.5. The Morgan fingerprint density at radius 1 is 1.23 bits per heavy atom. The monoisotopic (exact) mass is 436 g/mol. The highest BCUT2D eigenvalue weighted by Crippen LogP contribution is 2.20. The van der Waals surface area contributed by atoms with Gasteiger partial charge in [0.25, 0.3) is 11.8 Å². The fraction of sp³-hybridized carbons (Fsp3) is 0.500. The second-order valence-electron chi connectivity index (χ2n) is 7.96. The van der Waals surface area contributed by atoms with Crippen LogP contribution in [-0.4, -0.2) is 41.7 Å². The summed E-state index contributed by atoms with van der Waals surface area (Å²) in [6.07, 6.45) is 2.97. The number of alkyl halides is 2. The van der Waals surface area contributed by atoms with Crippen molar-refractivity contribution in [3.63, 3.8) is 0 Å². The third-order valence-electron chi connectivity index (χ3n) is 4.19. The largest absolute Gasteiger partial charge is 0.471 e. The first-order chi connectivity index (χ1) is 14.5. The van der Waals surface area contributed by atoms with E-state index in [9.17, 15) is 13.6 Å². The van der Waals surface area contributed by atoms with Crippen LogP contribution in [0.5, 0.6) is 5.88 Å². The quantitative estimate of drug-likeness (QED) is 0.402. The molecule has 0 spiro atoms. The van der Waals surface area contributed by atoms with Crippen LogP contribution in [-0.2, 0) is 4.74 Å². The van der Waals surface area contributed by atoms with Crippen LogP contribution in [0.15, 0.2) is 30.6 Å². The molecule has 2 rings (SSSR count). The minimum atomic E-state index is -2.96. The lowest BCUT2D eigenvalue weighted by atomic mass is 10.1. The zero-order valence-corrected chi connectivity index (χ0v) is 18.5. The number of pyridine rings is 2. The molecular weight excluding hydrogens is 406 g/mol. The van der Waals surface area contributed by atoms with E-state index >= 15 is 0 Å². The molecule has 0 aromatic carbocycles. The average Bonchev–Trinajstić information content (AvgIpc) is 2.69. The number of aryl methyl sites for hydroxylation is 1. The molecule has 0 saturated heterocycles. The molecule has 0 aliphatic carbocycles. The van der Waals surface area contributed by atoms with Crippen molar-refractivity contribution in [1.29, 1.82) is 0 Å². The second-order valence-corrected chi connectivity index (χ2v) is 7.96. The van der Waals surface area contributed by atoms with Gasteiger partial charge >= 0.3 is 0 Å². The summed E-state index contributed by atoms with van der Waals surface area (Å²) < 4.78 is 36.5. The standard InChI is InChI=1S/C22H30F2N4O3/c1-14(2)11-30-13-27-19-9-17(6-7-25-19)16(4)28-20(29)18-8-15(3)21(26-10-18)31-12-22(5,23)24/h6-10,14,16H,11-13H2,1-5H3,(H,25,27)(H,28,29). The number of ether oxygens (including phenoxy) is 2. The van der Waals surface area contributed by atoms with Crippen LogP contribution in [0.2, 0.25) is 0 Å². The Kier molecular flexibility index (Phi) is 8.67. The summed E-state index contributed by atoms with van der Waals surface area (Å²) in [5, 5.41) is 5.99. The van der Waals surface area contributed by atoms with Crippen molar-refractivity contribution in [3.8, 4) is 5.88 Å². The van der Waals surface area contributed by atoms with E-state index in [1.807, 2.05) is 19.1 Å². The Hall–Kier alpha value is -2.81. The number of carbonyl (C=O) groups excluding carboxylic acids is 1. The van der Waals surface area contributed by atoms with E-state index in [1.165, 1.54) is 6.20 Å². The average molecular weight is 437 g/mol. The molecule has 2 aromatic rings. The van der Waals surface area contributed by atoms with Gasteiger partial charge in [-0.2, -0.15) is 0 Å². The number of nitrogens with one attached hydrogen (secondary N) is 2. The summed E-state index contributed by atoms with van der Waals surface area (Å²) in [7, 11) is 0. The molecule has 2 heterocycles. The van der Waals surface area contributed by atoms with Gasteiger partial charge in [-0.1, -0.05) is 13.8 Å². The lowest BCUT2D eigenvalue weighted by Gasteiger charge is -2.17. The van der Waals surface area contributed by atoms with Gasteiger partial charge in [-0.3, -0.25) is 4.79 Å². The van der Waals surface area contributed by atoms with Gasteiger partial charge in [0.1, 0.15) is 12.5 Å². The highest BCUT2D eigenvalue weighted by Gasteiger charge is 2.23. The Bertz CT molecular complexity index is 872. The predicted molar refractivity (Wildman–Crippen MR) is 114 cm³/mol. The summed E-state index contributed by atoms with van der Waals surface area (Å²) >= 11 is 0. The number of aromatic nitrogens is 2. The van der Waals surface area contributed by atoms with Gasteiger partial charge in [0.2, 0.25) is 5.88 Å². The number of amides is 1. The zero-order chi connectivity index (χ0) is 23.0. The van der Waals surface area contributed by atoms with Crippen LogP contribution in [0.25, 0.3) is 0 Å². The molecule has 0 saturated carbocycles. The normalized spacial score (nSPS) is 12.5. The summed E-state index contributed by atoms with van der Waals surface area (Å²) in [6, 6.07) is 4.93. The number of nitrogens with zero attached hydrogens (tertiary/aromatic N) is 2. The van der Waals surface area contributed by atoms with Crippen molar-refractivity contribution in [2.75, 3.05) is 25.3 Å². The van der Waals surface area contributed by atoms with Gasteiger partial charge in [-0.15, -0.1) is 0 Å². The topological polar surface area (TPSA) is 85.4 Å². The van der Waals surface area contributed by atoms with Crippen LogP contribution in [0, 0.1) is 12.8 Å². The molecule has 0 aliphatic heterocycles. The highest BCUT2D eigenvalue weighted by molar-refractivity contribution is 5.94. The number of rotatable bonds is 11. The second kappa shape index (κ2) is 11.0. The van der Waals surface area contributed by atoms with E-state index in [4.69, 9.17) is 9.47 Å². The maximum absolute atomic E-state index is 13.0. The minimum absolute atomic E-state index is 0.0793. The van der Waals surface area contributed by atoms with Crippen molar-refractivity contribution < 1.29 is 23.0 Å². The molecular formula is C22H30F2N4O3. The highest BCUT2D eigenvalue weighted by atomic mass is 19.3. The van der Waals surface area contributed by atoms with Gasteiger partial charge in [0.05, 0.1) is 18.2 Å². The van der Waals surface area contributed by atoms with Gasteiger partial charge in [-0.05, 0) is 43.5 Å². The van der Waals surface area contributed by atoms with Crippen LogP contribution >= 0.6 is 0 Å². The molecule has 1 unspecified atom stereocenters. The van der Waals surface area contributed by atoms with Crippen LogP contribution in [0.1, 0.15) is 55.2 Å². The van der Waals surface area contributed by atoms with E-state index in [0.717, 1.165) is 12.5 Å². The number of halogens is 2. The van der Waals surface area contributed by atoms with Crippen molar-refractivity contribution in [2.45, 2.75) is 46.6 Å². The number of carbonyl (C=O) groups is 1. The number of hydrogen-bond donors (Lipinski definition) is 2. The van der Waals surface area contributed by atoms with Crippen LogP contribution in [0.4, 0.5) is 14.6 Å². The molecule has 170 valence electrons. The molecule has 9 heteroatoms. The molecule has 0 radical (unpaired) electrons. The van der Waals surface area contributed by atoms with Crippen LogP contribution in [0.3, 0.4) is 0 Å². The first kappa shape index (κ1) is 24.5. The Labute approximate surface area is 181 Å². The van der Waals surface area contributed by atoms with Crippen molar-refractivity contribution >= 4 is 11.7 Å². The Morgan fingerprint density at radius 2 is 1.97 bits per heavy atom. The lowest BCUT2D eigenvalue weighted by Crippen LogP contribution is -2.27. The van der Waals surface area contributed by atoms with Gasteiger partial charge in [0.15, 0.2) is 6.61 Å². The number of hydrogen-bond acceptors (Lipinski definition) is 6. The fourth-order valence-electron chi connectivity index (χ4n) is 2.63. The molecule has 0 bridgehead atoms. The SMILES string of the molecule is Cc1cc(C(=O)NC(C)c2ccnc(NCOCC(C)C)c2)cnc1OCC(C)(F)F. The van der Waals surface area contributed by atoms with E-state index in [-0.39, 0.29) is 17.8 Å². The van der Waals surface area contributed by atoms with E-state index in [0.29, 0.717) is 36.2 Å². The lowest BCUT2D eigenvalue weighted by molar-refractivity contribution is -0.0244. The molecule has 1 atom stereocenters. The first-order valence-electron chi connectivity index (χ1n) is 10.1. The predicted octanol–water partition coefficient (Wildman–Crippen LogP) is 4.35. The number of anilines is 1. The summed E-state index contributed by atoms with van der Waals surface area (Å²) in [5.41, 5.74) is 1.68. The van der Waals surface area contributed by atoms with Crippen molar-refractivity contribution in [1.82, 2.24) is 15.3 Å². The maximum atomic E-state index is 13.0. The van der Waals surface area contributed by atoms with Crippen LogP contribution < -0.4 is 15.4 Å². The summed E-state index contributed by atoms with van der Waals surface area (Å²) in [6.45, 7) is 8.64. The smallest absolute Gasteiger partial charge is 0.278 e. The van der Waals surface area contributed by atoms with E-state index < -0.39 is 12.5 Å². The molecule has 31 heavy (non-hydrogen) atoms. The first-order valence-corrected chi connectivity index (χ1v) is 10.1. The van der Waals surface area contributed by atoms with Gasteiger partial charge < -0.3 is 20.1 Å². The molecule has 0 fully saturated rings. The fourth-order valence-corrected chi connectivity index (χ4v) is 2.63. The molecule has 1 amide bonds. The molecule has 0 aliphatic rings. The molecule has 2 aromatic heterocycles. The van der Waals surface area contributed by atoms with Gasteiger partial charge in [-0.25, -0.2) is 18.7 Å². The van der Waals surface area contributed by atoms with E-state index in [1.54, 1.807) is 19.2 Å². The third-order valence-corrected chi connectivity index (χ3v) is 4.19.